The van der Waals surface area contributed by atoms with Crippen LogP contribution in [-0.4, -0.2) is 23.8 Å². The lowest BCUT2D eigenvalue weighted by Gasteiger charge is -2.16. The monoisotopic (exact) mass is 361 g/mol. The number of benzene rings is 1. The molecule has 0 fully saturated rings. The second kappa shape index (κ2) is 9.27. The second-order valence-corrected chi connectivity index (χ2v) is 6.20. The molecule has 0 atom stereocenters. The van der Waals surface area contributed by atoms with E-state index in [1.807, 2.05) is 18.2 Å². The van der Waals surface area contributed by atoms with E-state index < -0.39 is 11.5 Å². The molecular formula is C20H27NO5. The average Bonchev–Trinajstić information content (AvgIpc) is 2.62. The lowest BCUT2D eigenvalue weighted by atomic mass is 10.1. The number of carbonyl (C=O) groups is 1. The van der Waals surface area contributed by atoms with E-state index in [1.54, 1.807) is 7.05 Å². The third-order valence-corrected chi connectivity index (χ3v) is 4.04. The SMILES string of the molecule is CCCCOc1ccc2c(OCCCC)c(OC(C)=O)c(=O)n(C)c2c1. The van der Waals surface area contributed by atoms with Crippen LogP contribution in [-0.2, 0) is 11.8 Å². The van der Waals surface area contributed by atoms with Crippen molar-refractivity contribution < 1.29 is 19.0 Å². The standard InChI is InChI=1S/C20H27NO5/c1-5-7-11-24-15-9-10-16-17(13-15)21(4)20(23)19(26-14(3)22)18(16)25-12-8-6-2/h9-10,13H,5-8,11-12H2,1-4H3. The Morgan fingerprint density at radius 1 is 1.04 bits per heavy atom. The molecule has 2 rings (SSSR count). The molecule has 1 aromatic heterocycles. The normalized spacial score (nSPS) is 10.8. The summed E-state index contributed by atoms with van der Waals surface area (Å²) in [7, 11) is 1.64. The molecule has 0 radical (unpaired) electrons. The quantitative estimate of drug-likeness (QED) is 0.502. The molecule has 2 aromatic rings. The number of esters is 1. The number of aromatic nitrogens is 1. The molecule has 0 saturated heterocycles. The van der Waals surface area contributed by atoms with Crippen molar-refractivity contribution in [2.24, 2.45) is 7.05 Å². The van der Waals surface area contributed by atoms with Gasteiger partial charge in [0.25, 0.3) is 5.56 Å². The molecule has 0 N–H and O–H groups in total. The molecule has 0 unspecified atom stereocenters. The number of rotatable bonds is 9. The number of ether oxygens (including phenoxy) is 3. The van der Waals surface area contributed by atoms with E-state index in [2.05, 4.69) is 13.8 Å². The van der Waals surface area contributed by atoms with Gasteiger partial charge in [-0.1, -0.05) is 26.7 Å². The van der Waals surface area contributed by atoms with E-state index >= 15 is 0 Å². The zero-order chi connectivity index (χ0) is 19.1. The van der Waals surface area contributed by atoms with Crippen LogP contribution in [0.25, 0.3) is 10.9 Å². The molecular weight excluding hydrogens is 334 g/mol. The summed E-state index contributed by atoms with van der Waals surface area (Å²) in [5.41, 5.74) is 0.260. The van der Waals surface area contributed by atoms with Crippen LogP contribution in [0, 0.1) is 0 Å². The van der Waals surface area contributed by atoms with Crippen molar-refractivity contribution in [3.05, 3.63) is 28.6 Å². The smallest absolute Gasteiger partial charge is 0.308 e. The van der Waals surface area contributed by atoms with Crippen LogP contribution in [0.1, 0.15) is 46.5 Å². The maximum atomic E-state index is 12.7. The van der Waals surface area contributed by atoms with Crippen molar-refractivity contribution in [2.45, 2.75) is 46.5 Å². The Bertz CT molecular complexity index is 825. The predicted octanol–water partition coefficient (Wildman–Crippen LogP) is 3.82. The molecule has 6 nitrogen and oxygen atoms in total. The largest absolute Gasteiger partial charge is 0.494 e. The van der Waals surface area contributed by atoms with Crippen molar-refractivity contribution in [1.82, 2.24) is 4.57 Å². The third-order valence-electron chi connectivity index (χ3n) is 4.04. The molecule has 0 amide bonds. The maximum Gasteiger partial charge on any atom is 0.308 e. The summed E-state index contributed by atoms with van der Waals surface area (Å²) in [5.74, 6) is 0.386. The van der Waals surface area contributed by atoms with Crippen LogP contribution in [0.2, 0.25) is 0 Å². The van der Waals surface area contributed by atoms with Gasteiger partial charge in [0.15, 0.2) is 5.75 Å². The number of nitrogens with zero attached hydrogens (tertiary/aromatic N) is 1. The van der Waals surface area contributed by atoms with Crippen LogP contribution in [0.15, 0.2) is 23.0 Å². The highest BCUT2D eigenvalue weighted by Crippen LogP contribution is 2.34. The van der Waals surface area contributed by atoms with Crippen molar-refractivity contribution >= 4 is 16.9 Å². The number of hydrogen-bond donors (Lipinski definition) is 0. The first-order chi connectivity index (χ1) is 12.5. The minimum Gasteiger partial charge on any atom is -0.494 e. The van der Waals surface area contributed by atoms with Gasteiger partial charge in [-0.25, -0.2) is 0 Å². The summed E-state index contributed by atoms with van der Waals surface area (Å²) < 4.78 is 18.2. The highest BCUT2D eigenvalue weighted by molar-refractivity contribution is 5.89. The van der Waals surface area contributed by atoms with Crippen LogP contribution in [0.3, 0.4) is 0 Å². The molecule has 1 aromatic carbocycles. The summed E-state index contributed by atoms with van der Waals surface area (Å²) in [5, 5.41) is 0.710. The first kappa shape index (κ1) is 19.8. The minimum absolute atomic E-state index is 0.0664. The lowest BCUT2D eigenvalue weighted by Crippen LogP contribution is -2.22. The molecule has 1 heterocycles. The van der Waals surface area contributed by atoms with Crippen LogP contribution >= 0.6 is 0 Å². The van der Waals surface area contributed by atoms with E-state index in [0.29, 0.717) is 35.6 Å². The third kappa shape index (κ3) is 4.56. The number of fused-ring (bicyclic) bond motifs is 1. The first-order valence-electron chi connectivity index (χ1n) is 9.10. The predicted molar refractivity (Wildman–Crippen MR) is 101 cm³/mol. The van der Waals surface area contributed by atoms with Gasteiger partial charge >= 0.3 is 5.97 Å². The Morgan fingerprint density at radius 3 is 2.31 bits per heavy atom. The second-order valence-electron chi connectivity index (χ2n) is 6.20. The minimum atomic E-state index is -0.554. The highest BCUT2D eigenvalue weighted by Gasteiger charge is 2.20. The fourth-order valence-corrected chi connectivity index (χ4v) is 2.58. The van der Waals surface area contributed by atoms with Crippen LogP contribution in [0.4, 0.5) is 0 Å². The van der Waals surface area contributed by atoms with Crippen molar-refractivity contribution in [3.63, 3.8) is 0 Å². The average molecular weight is 361 g/mol. The van der Waals surface area contributed by atoms with E-state index in [0.717, 1.165) is 25.7 Å². The molecule has 0 aliphatic carbocycles. The van der Waals surface area contributed by atoms with Gasteiger partial charge in [-0.2, -0.15) is 0 Å². The Labute approximate surface area is 153 Å². The van der Waals surface area contributed by atoms with Gasteiger partial charge in [0.1, 0.15) is 5.75 Å². The summed E-state index contributed by atoms with van der Waals surface area (Å²) >= 11 is 0. The molecule has 26 heavy (non-hydrogen) atoms. The fraction of sp³-hybridized carbons (Fsp3) is 0.500. The number of pyridine rings is 1. The molecule has 142 valence electrons. The topological polar surface area (TPSA) is 66.8 Å². The van der Waals surface area contributed by atoms with Gasteiger partial charge in [-0.15, -0.1) is 0 Å². The Kier molecular flexibility index (Phi) is 7.06. The van der Waals surface area contributed by atoms with Crippen LogP contribution in [0.5, 0.6) is 17.2 Å². The Balaban J connectivity index is 2.54. The summed E-state index contributed by atoms with van der Waals surface area (Å²) in [6.45, 7) is 6.50. The summed E-state index contributed by atoms with van der Waals surface area (Å²) in [4.78, 5) is 24.2. The van der Waals surface area contributed by atoms with Gasteiger partial charge in [0.05, 0.1) is 18.7 Å². The molecule has 0 bridgehead atoms. The fourth-order valence-electron chi connectivity index (χ4n) is 2.58. The van der Waals surface area contributed by atoms with Gasteiger partial charge in [0.2, 0.25) is 5.75 Å². The molecule has 0 aliphatic rings. The number of aryl methyl sites for hydroxylation is 1. The van der Waals surface area contributed by atoms with Gasteiger partial charge in [-0.3, -0.25) is 9.59 Å². The van der Waals surface area contributed by atoms with Gasteiger partial charge in [0, 0.05) is 25.4 Å². The Hall–Kier alpha value is -2.50. The van der Waals surface area contributed by atoms with Crippen molar-refractivity contribution in [3.8, 4) is 17.2 Å². The zero-order valence-corrected chi connectivity index (χ0v) is 16.0. The molecule has 0 saturated carbocycles. The summed E-state index contributed by atoms with van der Waals surface area (Å²) in [6, 6.07) is 5.49. The van der Waals surface area contributed by atoms with Gasteiger partial charge < -0.3 is 18.8 Å². The molecule has 0 spiro atoms. The first-order valence-corrected chi connectivity index (χ1v) is 9.10. The molecule has 6 heteroatoms. The zero-order valence-electron chi connectivity index (χ0n) is 16.0. The van der Waals surface area contributed by atoms with E-state index in [-0.39, 0.29) is 5.75 Å². The van der Waals surface area contributed by atoms with Crippen molar-refractivity contribution in [1.29, 1.82) is 0 Å². The van der Waals surface area contributed by atoms with Crippen LogP contribution < -0.4 is 19.8 Å². The number of hydrogen-bond acceptors (Lipinski definition) is 5. The van der Waals surface area contributed by atoms with E-state index in [9.17, 15) is 9.59 Å². The Morgan fingerprint density at radius 2 is 1.69 bits per heavy atom. The summed E-state index contributed by atoms with van der Waals surface area (Å²) in [6.07, 6.45) is 3.82. The number of carbonyl (C=O) groups excluding carboxylic acids is 1. The van der Waals surface area contributed by atoms with E-state index in [4.69, 9.17) is 14.2 Å². The number of unbranched alkanes of at least 4 members (excludes halogenated alkanes) is 2. The molecule has 0 aliphatic heterocycles. The lowest BCUT2D eigenvalue weighted by molar-refractivity contribution is -0.132. The van der Waals surface area contributed by atoms with Gasteiger partial charge in [-0.05, 0) is 25.0 Å². The van der Waals surface area contributed by atoms with Crippen molar-refractivity contribution in [2.75, 3.05) is 13.2 Å². The maximum absolute atomic E-state index is 12.7. The highest BCUT2D eigenvalue weighted by atomic mass is 16.6. The van der Waals surface area contributed by atoms with E-state index in [1.165, 1.54) is 11.5 Å².